The number of aryl methyl sites for hydroxylation is 2. The fourth-order valence-electron chi connectivity index (χ4n) is 4.25. The Morgan fingerprint density at radius 3 is 2.48 bits per heavy atom. The van der Waals surface area contributed by atoms with Gasteiger partial charge < -0.3 is 5.32 Å². The summed E-state index contributed by atoms with van der Waals surface area (Å²) < 4.78 is 27.5. The van der Waals surface area contributed by atoms with Gasteiger partial charge in [-0.05, 0) is 60.9 Å². The van der Waals surface area contributed by atoms with Crippen LogP contribution in [0.25, 0.3) is 10.8 Å². The van der Waals surface area contributed by atoms with Crippen LogP contribution in [0.4, 0.5) is 5.69 Å². The van der Waals surface area contributed by atoms with Gasteiger partial charge in [-0.3, -0.25) is 9.10 Å². The van der Waals surface area contributed by atoms with Gasteiger partial charge in [-0.25, -0.2) is 8.42 Å². The SMILES string of the molecule is CC[C@@H](NC(=O)CCCN1c2cccc3cccc(c23)S1(=O)=O)c1ccc(C)c(C)c1. The standard InChI is InChI=1S/C25H28N2O3S/c1-4-21(20-14-13-17(2)18(3)16-20)26-24(28)12-7-15-27-22-10-5-8-19-9-6-11-23(25(19)22)31(27,29)30/h5-6,8-11,13-14,16,21H,4,7,12,15H2,1-3H3,(H,26,28)/t21-/m1/s1. The molecule has 1 aliphatic heterocycles. The Labute approximate surface area is 184 Å². The van der Waals surface area contributed by atoms with Crippen LogP contribution in [0.5, 0.6) is 0 Å². The van der Waals surface area contributed by atoms with Crippen LogP contribution in [0.3, 0.4) is 0 Å². The van der Waals surface area contributed by atoms with E-state index in [9.17, 15) is 13.2 Å². The maximum Gasteiger partial charge on any atom is 0.265 e. The smallest absolute Gasteiger partial charge is 0.265 e. The molecule has 0 fully saturated rings. The second-order valence-corrected chi connectivity index (χ2v) is 10.0. The number of carbonyl (C=O) groups is 1. The molecule has 0 saturated heterocycles. The van der Waals surface area contributed by atoms with Crippen molar-refractivity contribution < 1.29 is 13.2 Å². The third-order valence-corrected chi connectivity index (χ3v) is 7.98. The van der Waals surface area contributed by atoms with Crippen molar-refractivity contribution in [1.82, 2.24) is 5.32 Å². The van der Waals surface area contributed by atoms with Crippen LogP contribution in [0.15, 0.2) is 59.5 Å². The number of amides is 1. The third-order valence-electron chi connectivity index (χ3n) is 6.12. The van der Waals surface area contributed by atoms with Crippen molar-refractivity contribution in [3.63, 3.8) is 0 Å². The highest BCUT2D eigenvalue weighted by molar-refractivity contribution is 7.93. The number of carbonyl (C=O) groups excluding carboxylic acids is 1. The van der Waals surface area contributed by atoms with E-state index in [0.29, 0.717) is 17.0 Å². The van der Waals surface area contributed by atoms with Gasteiger partial charge in [0.15, 0.2) is 0 Å². The molecule has 0 aromatic heterocycles. The van der Waals surface area contributed by atoms with Gasteiger partial charge >= 0.3 is 0 Å². The molecule has 0 unspecified atom stereocenters. The monoisotopic (exact) mass is 436 g/mol. The first-order valence-electron chi connectivity index (χ1n) is 10.7. The number of hydrogen-bond donors (Lipinski definition) is 1. The van der Waals surface area contributed by atoms with Gasteiger partial charge in [-0.2, -0.15) is 0 Å². The summed E-state index contributed by atoms with van der Waals surface area (Å²) >= 11 is 0. The quantitative estimate of drug-likeness (QED) is 0.566. The van der Waals surface area contributed by atoms with E-state index in [1.807, 2.05) is 24.3 Å². The van der Waals surface area contributed by atoms with E-state index in [1.165, 1.54) is 15.4 Å². The van der Waals surface area contributed by atoms with E-state index in [4.69, 9.17) is 0 Å². The first kappa shape index (κ1) is 21.4. The van der Waals surface area contributed by atoms with Crippen LogP contribution in [-0.4, -0.2) is 20.9 Å². The zero-order valence-corrected chi connectivity index (χ0v) is 19.0. The average molecular weight is 437 g/mol. The molecule has 1 amide bonds. The molecule has 1 N–H and O–H groups in total. The summed E-state index contributed by atoms with van der Waals surface area (Å²) in [4.78, 5) is 13.0. The topological polar surface area (TPSA) is 66.5 Å². The number of nitrogens with zero attached hydrogens (tertiary/aromatic N) is 1. The molecule has 0 spiro atoms. The summed E-state index contributed by atoms with van der Waals surface area (Å²) in [5.74, 6) is -0.0580. The molecule has 1 aliphatic rings. The fraction of sp³-hybridized carbons (Fsp3) is 0.320. The van der Waals surface area contributed by atoms with Crippen molar-refractivity contribution in [2.75, 3.05) is 10.8 Å². The average Bonchev–Trinajstić information content (AvgIpc) is 2.97. The van der Waals surface area contributed by atoms with E-state index in [0.717, 1.165) is 22.8 Å². The summed E-state index contributed by atoms with van der Waals surface area (Å²) in [6.07, 6.45) is 1.53. The first-order chi connectivity index (χ1) is 14.8. The summed E-state index contributed by atoms with van der Waals surface area (Å²) in [7, 11) is -3.57. The molecule has 0 saturated carbocycles. The lowest BCUT2D eigenvalue weighted by Gasteiger charge is -2.20. The zero-order chi connectivity index (χ0) is 22.2. The minimum atomic E-state index is -3.57. The number of sulfonamides is 1. The van der Waals surface area contributed by atoms with Gasteiger partial charge in [0.05, 0.1) is 16.6 Å². The minimum absolute atomic E-state index is 0.0414. The van der Waals surface area contributed by atoms with E-state index in [1.54, 1.807) is 12.1 Å². The van der Waals surface area contributed by atoms with Gasteiger partial charge in [0.25, 0.3) is 10.0 Å². The highest BCUT2D eigenvalue weighted by atomic mass is 32.2. The maximum atomic E-state index is 13.0. The molecule has 3 aromatic carbocycles. The normalized spacial score (nSPS) is 15.3. The van der Waals surface area contributed by atoms with Crippen LogP contribution in [0.1, 0.15) is 48.9 Å². The lowest BCUT2D eigenvalue weighted by Crippen LogP contribution is -2.31. The van der Waals surface area contributed by atoms with Gasteiger partial charge in [0, 0.05) is 18.4 Å². The van der Waals surface area contributed by atoms with Crippen molar-refractivity contribution in [3.8, 4) is 0 Å². The Morgan fingerprint density at radius 1 is 1.03 bits per heavy atom. The van der Waals surface area contributed by atoms with Crippen LogP contribution >= 0.6 is 0 Å². The van der Waals surface area contributed by atoms with Gasteiger partial charge in [-0.15, -0.1) is 0 Å². The van der Waals surface area contributed by atoms with Crippen molar-refractivity contribution in [2.24, 2.45) is 0 Å². The summed E-state index contributed by atoms with van der Waals surface area (Å²) in [6, 6.07) is 17.2. The van der Waals surface area contributed by atoms with Gasteiger partial charge in [0.2, 0.25) is 5.91 Å². The van der Waals surface area contributed by atoms with Crippen molar-refractivity contribution in [1.29, 1.82) is 0 Å². The molecule has 31 heavy (non-hydrogen) atoms. The largest absolute Gasteiger partial charge is 0.349 e. The molecule has 1 heterocycles. The molecule has 1 atom stereocenters. The van der Waals surface area contributed by atoms with Crippen molar-refractivity contribution >= 4 is 32.4 Å². The molecule has 4 rings (SSSR count). The Morgan fingerprint density at radius 2 is 1.77 bits per heavy atom. The molecule has 5 nitrogen and oxygen atoms in total. The van der Waals surface area contributed by atoms with Crippen molar-refractivity contribution in [2.45, 2.75) is 51.0 Å². The number of anilines is 1. The Kier molecular flexibility index (Phi) is 5.75. The van der Waals surface area contributed by atoms with Gasteiger partial charge in [0.1, 0.15) is 0 Å². The molecule has 3 aromatic rings. The van der Waals surface area contributed by atoms with Gasteiger partial charge in [-0.1, -0.05) is 49.4 Å². The third kappa shape index (κ3) is 3.92. The summed E-state index contributed by atoms with van der Waals surface area (Å²) in [6.45, 7) is 6.48. The van der Waals surface area contributed by atoms with E-state index >= 15 is 0 Å². The molecular weight excluding hydrogens is 408 g/mol. The second kappa shape index (κ2) is 8.35. The van der Waals surface area contributed by atoms with E-state index in [-0.39, 0.29) is 24.9 Å². The predicted octanol–water partition coefficient (Wildman–Crippen LogP) is 5.01. The first-order valence-corrected chi connectivity index (χ1v) is 12.2. The molecule has 162 valence electrons. The lowest BCUT2D eigenvalue weighted by molar-refractivity contribution is -0.121. The summed E-state index contributed by atoms with van der Waals surface area (Å²) in [5, 5.41) is 4.79. The predicted molar refractivity (Wildman–Crippen MR) is 125 cm³/mol. The van der Waals surface area contributed by atoms with Crippen LogP contribution in [-0.2, 0) is 14.8 Å². The molecule has 6 heteroatoms. The Hall–Kier alpha value is -2.86. The number of nitrogens with one attached hydrogen (secondary N) is 1. The Bertz CT molecular complexity index is 1250. The molecule has 0 bridgehead atoms. The molecule has 0 radical (unpaired) electrons. The van der Waals surface area contributed by atoms with Crippen molar-refractivity contribution in [3.05, 3.63) is 71.3 Å². The van der Waals surface area contributed by atoms with Crippen LogP contribution in [0, 0.1) is 13.8 Å². The number of rotatable bonds is 7. The molecule has 0 aliphatic carbocycles. The minimum Gasteiger partial charge on any atom is -0.349 e. The van der Waals surface area contributed by atoms with E-state index < -0.39 is 10.0 Å². The second-order valence-electron chi connectivity index (χ2n) is 8.18. The van der Waals surface area contributed by atoms with Crippen LogP contribution < -0.4 is 9.62 Å². The number of hydrogen-bond acceptors (Lipinski definition) is 3. The van der Waals surface area contributed by atoms with Crippen LogP contribution in [0.2, 0.25) is 0 Å². The molecular formula is C25H28N2O3S. The number of benzene rings is 3. The maximum absolute atomic E-state index is 13.0. The highest BCUT2D eigenvalue weighted by Gasteiger charge is 2.35. The lowest BCUT2D eigenvalue weighted by atomic mass is 9.99. The zero-order valence-electron chi connectivity index (χ0n) is 18.2. The Balaban J connectivity index is 1.42. The highest BCUT2D eigenvalue weighted by Crippen LogP contribution is 2.41. The summed E-state index contributed by atoms with van der Waals surface area (Å²) in [5.41, 5.74) is 4.24. The van der Waals surface area contributed by atoms with E-state index in [2.05, 4.69) is 44.3 Å². The fourth-order valence-corrected chi connectivity index (χ4v) is 6.00.